The van der Waals surface area contributed by atoms with Gasteiger partial charge in [0, 0.05) is 19.2 Å². The van der Waals surface area contributed by atoms with E-state index in [9.17, 15) is 14.4 Å². The molecule has 5 nitrogen and oxygen atoms in total. The summed E-state index contributed by atoms with van der Waals surface area (Å²) in [6, 6.07) is 16.2. The van der Waals surface area contributed by atoms with Crippen LogP contribution < -0.4 is 5.32 Å². The third-order valence-electron chi connectivity index (χ3n) is 3.96. The predicted molar refractivity (Wildman–Crippen MR) is 84.6 cm³/mol. The summed E-state index contributed by atoms with van der Waals surface area (Å²) >= 11 is 0. The summed E-state index contributed by atoms with van der Waals surface area (Å²) in [6.07, 6.45) is 0. The fourth-order valence-corrected chi connectivity index (χ4v) is 2.69. The molecule has 1 aliphatic heterocycles. The van der Waals surface area contributed by atoms with Crippen LogP contribution >= 0.6 is 0 Å². The highest BCUT2D eigenvalue weighted by atomic mass is 16.2. The maximum atomic E-state index is 12.5. The number of nitrogens with zero attached hydrogens (tertiary/aromatic N) is 1. The molecule has 0 radical (unpaired) electrons. The smallest absolute Gasteiger partial charge is 0.260 e. The minimum absolute atomic E-state index is 0.337. The van der Waals surface area contributed by atoms with E-state index < -0.39 is 17.7 Å². The number of hydrogen-bond acceptors (Lipinski definition) is 3. The summed E-state index contributed by atoms with van der Waals surface area (Å²) in [6.45, 7) is 0.337. The number of carbonyl (C=O) groups excluding carboxylic acids is 3. The van der Waals surface area contributed by atoms with Gasteiger partial charge < -0.3 is 5.32 Å². The molecule has 0 fully saturated rings. The molecule has 0 aromatic heterocycles. The van der Waals surface area contributed by atoms with Crippen LogP contribution in [0.3, 0.4) is 0 Å². The number of likely N-dealkylation sites (N-methyl/N-ethyl adjacent to an activating group) is 1. The Bertz CT molecular complexity index is 771. The van der Waals surface area contributed by atoms with Gasteiger partial charge in [0.1, 0.15) is 5.92 Å². The van der Waals surface area contributed by atoms with E-state index in [4.69, 9.17) is 0 Å². The summed E-state index contributed by atoms with van der Waals surface area (Å²) in [4.78, 5) is 38.1. The highest BCUT2D eigenvalue weighted by Crippen LogP contribution is 2.28. The van der Waals surface area contributed by atoms with Crippen LogP contribution in [0, 0.1) is 0 Å². The number of rotatable bonds is 3. The molecule has 0 spiro atoms. The molecule has 1 N–H and O–H groups in total. The van der Waals surface area contributed by atoms with Gasteiger partial charge in [0.05, 0.1) is 0 Å². The summed E-state index contributed by atoms with van der Waals surface area (Å²) in [7, 11) is 1.40. The molecular weight excluding hydrogens is 292 g/mol. The Morgan fingerprint density at radius 2 is 1.70 bits per heavy atom. The van der Waals surface area contributed by atoms with Gasteiger partial charge in [-0.3, -0.25) is 19.3 Å². The molecule has 3 amide bonds. The van der Waals surface area contributed by atoms with Gasteiger partial charge in [-0.1, -0.05) is 48.5 Å². The van der Waals surface area contributed by atoms with Crippen LogP contribution in [-0.2, 0) is 16.1 Å². The molecule has 2 aromatic rings. The molecule has 0 saturated heterocycles. The van der Waals surface area contributed by atoms with E-state index in [1.807, 2.05) is 30.3 Å². The van der Waals surface area contributed by atoms with Crippen molar-refractivity contribution in [1.29, 1.82) is 0 Å². The zero-order valence-electron chi connectivity index (χ0n) is 12.7. The molecular formula is C18H16N2O3. The lowest BCUT2D eigenvalue weighted by Crippen LogP contribution is -2.47. The van der Waals surface area contributed by atoms with Gasteiger partial charge in [-0.05, 0) is 17.2 Å². The summed E-state index contributed by atoms with van der Waals surface area (Å²) in [5.74, 6) is -2.26. The standard InChI is InChI=1S/C18H16N2O3/c1-20-17(22)14-10-6-5-9-13(14)15(18(20)23)16(21)19-11-12-7-3-2-4-8-12/h2-10,15H,11H2,1H3,(H,19,21). The third-order valence-corrected chi connectivity index (χ3v) is 3.96. The normalized spacial score (nSPS) is 16.9. The number of amides is 3. The number of imide groups is 1. The van der Waals surface area contributed by atoms with Crippen LogP contribution in [0.1, 0.15) is 27.4 Å². The predicted octanol–water partition coefficient (Wildman–Crippen LogP) is 1.70. The highest BCUT2D eigenvalue weighted by molar-refractivity contribution is 6.18. The van der Waals surface area contributed by atoms with Crippen LogP contribution in [0.2, 0.25) is 0 Å². The van der Waals surface area contributed by atoms with Crippen LogP contribution in [-0.4, -0.2) is 29.7 Å². The van der Waals surface area contributed by atoms with E-state index in [0.29, 0.717) is 17.7 Å². The van der Waals surface area contributed by atoms with Gasteiger partial charge in [-0.2, -0.15) is 0 Å². The number of fused-ring (bicyclic) bond motifs is 1. The summed E-state index contributed by atoms with van der Waals surface area (Å²) in [5.41, 5.74) is 1.81. The molecule has 1 heterocycles. The van der Waals surface area contributed by atoms with Crippen LogP contribution in [0.5, 0.6) is 0 Å². The summed E-state index contributed by atoms with van der Waals surface area (Å²) in [5, 5.41) is 2.78. The number of hydrogen-bond donors (Lipinski definition) is 1. The first kappa shape index (κ1) is 15.0. The SMILES string of the molecule is CN1C(=O)c2ccccc2C(C(=O)NCc2ccccc2)C1=O. The lowest BCUT2D eigenvalue weighted by Gasteiger charge is -2.29. The van der Waals surface area contributed by atoms with Gasteiger partial charge in [0.2, 0.25) is 11.8 Å². The molecule has 2 aromatic carbocycles. The maximum Gasteiger partial charge on any atom is 0.260 e. The van der Waals surface area contributed by atoms with Gasteiger partial charge in [0.15, 0.2) is 0 Å². The van der Waals surface area contributed by atoms with Crippen molar-refractivity contribution >= 4 is 17.7 Å². The van der Waals surface area contributed by atoms with Crippen molar-refractivity contribution in [2.45, 2.75) is 12.5 Å². The van der Waals surface area contributed by atoms with Crippen molar-refractivity contribution in [2.24, 2.45) is 0 Å². The molecule has 3 rings (SSSR count). The average Bonchev–Trinajstić information content (AvgIpc) is 2.59. The van der Waals surface area contributed by atoms with E-state index in [-0.39, 0.29) is 5.91 Å². The fraction of sp³-hybridized carbons (Fsp3) is 0.167. The van der Waals surface area contributed by atoms with E-state index >= 15 is 0 Å². The Labute approximate surface area is 133 Å². The van der Waals surface area contributed by atoms with E-state index in [0.717, 1.165) is 10.5 Å². The quantitative estimate of drug-likeness (QED) is 0.693. The van der Waals surface area contributed by atoms with Crippen molar-refractivity contribution in [3.8, 4) is 0 Å². The van der Waals surface area contributed by atoms with Gasteiger partial charge in [0.25, 0.3) is 5.91 Å². The number of benzene rings is 2. The lowest BCUT2D eigenvalue weighted by molar-refractivity contribution is -0.136. The molecule has 1 aliphatic rings. The highest BCUT2D eigenvalue weighted by Gasteiger charge is 2.40. The van der Waals surface area contributed by atoms with E-state index in [1.54, 1.807) is 24.3 Å². The largest absolute Gasteiger partial charge is 0.351 e. The molecule has 0 aliphatic carbocycles. The topological polar surface area (TPSA) is 66.5 Å². The third kappa shape index (κ3) is 2.73. The van der Waals surface area contributed by atoms with Crippen molar-refractivity contribution in [3.63, 3.8) is 0 Å². The second-order valence-corrected chi connectivity index (χ2v) is 5.43. The minimum atomic E-state index is -0.988. The van der Waals surface area contributed by atoms with E-state index in [2.05, 4.69) is 5.32 Å². The Hall–Kier alpha value is -2.95. The maximum absolute atomic E-state index is 12.5. The fourth-order valence-electron chi connectivity index (χ4n) is 2.69. The second kappa shape index (κ2) is 6.04. The van der Waals surface area contributed by atoms with Crippen molar-refractivity contribution in [1.82, 2.24) is 10.2 Å². The summed E-state index contributed by atoms with van der Waals surface area (Å²) < 4.78 is 0. The zero-order chi connectivity index (χ0) is 16.4. The second-order valence-electron chi connectivity index (χ2n) is 5.43. The van der Waals surface area contributed by atoms with Gasteiger partial charge >= 0.3 is 0 Å². The first-order valence-corrected chi connectivity index (χ1v) is 7.32. The zero-order valence-corrected chi connectivity index (χ0v) is 12.7. The average molecular weight is 308 g/mol. The Morgan fingerprint density at radius 3 is 2.43 bits per heavy atom. The lowest BCUT2D eigenvalue weighted by atomic mass is 9.88. The molecule has 23 heavy (non-hydrogen) atoms. The van der Waals surface area contributed by atoms with E-state index in [1.165, 1.54) is 7.05 Å². The van der Waals surface area contributed by atoms with Crippen molar-refractivity contribution in [3.05, 3.63) is 71.3 Å². The van der Waals surface area contributed by atoms with Crippen LogP contribution in [0.15, 0.2) is 54.6 Å². The van der Waals surface area contributed by atoms with Crippen molar-refractivity contribution < 1.29 is 14.4 Å². The molecule has 1 atom stereocenters. The van der Waals surface area contributed by atoms with Crippen LogP contribution in [0.4, 0.5) is 0 Å². The number of carbonyl (C=O) groups is 3. The van der Waals surface area contributed by atoms with Gasteiger partial charge in [-0.15, -0.1) is 0 Å². The molecule has 116 valence electrons. The Kier molecular flexibility index (Phi) is 3.93. The molecule has 0 saturated carbocycles. The first-order chi connectivity index (χ1) is 11.1. The number of nitrogens with one attached hydrogen (secondary N) is 1. The van der Waals surface area contributed by atoms with Crippen LogP contribution in [0.25, 0.3) is 0 Å². The monoisotopic (exact) mass is 308 g/mol. The molecule has 0 bridgehead atoms. The molecule has 5 heteroatoms. The minimum Gasteiger partial charge on any atom is -0.351 e. The van der Waals surface area contributed by atoms with Gasteiger partial charge in [-0.25, -0.2) is 0 Å². The Morgan fingerprint density at radius 1 is 1.04 bits per heavy atom. The first-order valence-electron chi connectivity index (χ1n) is 7.32. The molecule has 1 unspecified atom stereocenters. The Balaban J connectivity index is 1.86. The van der Waals surface area contributed by atoms with Crippen molar-refractivity contribution in [2.75, 3.05) is 7.05 Å².